The number of rotatable bonds is 3. The number of nitrogens with two attached hydrogens (primary N) is 1. The highest BCUT2D eigenvalue weighted by Gasteiger charge is 2.07. The van der Waals surface area contributed by atoms with Gasteiger partial charge >= 0.3 is 0 Å². The van der Waals surface area contributed by atoms with Crippen molar-refractivity contribution in [1.82, 2.24) is 0 Å². The molecule has 0 saturated heterocycles. The standard InChI is InChI=1S/C10H12N2/c11-7-6-10(8-12)9-4-2-1-3-5-9/h1-5,10H,6-7,11H2/t10-/m1/s1. The molecular weight excluding hydrogens is 148 g/mol. The Labute approximate surface area is 72.6 Å². The molecule has 2 nitrogen and oxygen atoms in total. The Bertz CT molecular complexity index is 261. The minimum atomic E-state index is -0.0452. The zero-order chi connectivity index (χ0) is 8.81. The summed E-state index contributed by atoms with van der Waals surface area (Å²) in [5.74, 6) is -0.0452. The molecule has 0 aliphatic rings. The topological polar surface area (TPSA) is 49.8 Å². The van der Waals surface area contributed by atoms with E-state index >= 15 is 0 Å². The molecule has 2 N–H and O–H groups in total. The summed E-state index contributed by atoms with van der Waals surface area (Å²) in [6.07, 6.45) is 0.737. The maximum atomic E-state index is 8.81. The van der Waals surface area contributed by atoms with Crippen LogP contribution in [0.25, 0.3) is 0 Å². The third-order valence-corrected chi connectivity index (χ3v) is 1.81. The zero-order valence-corrected chi connectivity index (χ0v) is 6.90. The molecule has 0 bridgehead atoms. The Morgan fingerprint density at radius 2 is 2.00 bits per heavy atom. The van der Waals surface area contributed by atoms with E-state index in [0.717, 1.165) is 12.0 Å². The van der Waals surface area contributed by atoms with Gasteiger partial charge in [0.15, 0.2) is 0 Å². The third-order valence-electron chi connectivity index (χ3n) is 1.81. The fourth-order valence-corrected chi connectivity index (χ4v) is 1.16. The van der Waals surface area contributed by atoms with Crippen molar-refractivity contribution in [2.24, 2.45) is 5.73 Å². The van der Waals surface area contributed by atoms with Crippen molar-refractivity contribution in [3.8, 4) is 6.07 Å². The normalized spacial score (nSPS) is 12.0. The van der Waals surface area contributed by atoms with Crippen molar-refractivity contribution in [2.75, 3.05) is 6.54 Å². The summed E-state index contributed by atoms with van der Waals surface area (Å²) in [6.45, 7) is 0.563. The van der Waals surface area contributed by atoms with Crippen LogP contribution < -0.4 is 5.73 Å². The maximum Gasteiger partial charge on any atom is 0.0724 e. The van der Waals surface area contributed by atoms with Crippen LogP contribution in [0.3, 0.4) is 0 Å². The van der Waals surface area contributed by atoms with Crippen molar-refractivity contribution in [1.29, 1.82) is 5.26 Å². The van der Waals surface area contributed by atoms with Crippen LogP contribution in [-0.4, -0.2) is 6.54 Å². The molecule has 12 heavy (non-hydrogen) atoms. The van der Waals surface area contributed by atoms with Crippen molar-refractivity contribution in [2.45, 2.75) is 12.3 Å². The fourth-order valence-electron chi connectivity index (χ4n) is 1.16. The average Bonchev–Trinajstić information content (AvgIpc) is 2.15. The Morgan fingerprint density at radius 3 is 2.50 bits per heavy atom. The molecule has 0 radical (unpaired) electrons. The van der Waals surface area contributed by atoms with Crippen molar-refractivity contribution in [3.63, 3.8) is 0 Å². The average molecular weight is 160 g/mol. The molecule has 1 rings (SSSR count). The lowest BCUT2D eigenvalue weighted by atomic mass is 9.98. The Morgan fingerprint density at radius 1 is 1.33 bits per heavy atom. The maximum absolute atomic E-state index is 8.81. The molecule has 1 aromatic rings. The monoisotopic (exact) mass is 160 g/mol. The SMILES string of the molecule is N#C[C@@H](CCN)c1ccccc1. The van der Waals surface area contributed by atoms with E-state index in [-0.39, 0.29) is 5.92 Å². The van der Waals surface area contributed by atoms with Gasteiger partial charge in [0, 0.05) is 0 Å². The second-order valence-electron chi connectivity index (χ2n) is 2.67. The molecule has 0 aromatic heterocycles. The lowest BCUT2D eigenvalue weighted by molar-refractivity contribution is 0.758. The van der Waals surface area contributed by atoms with E-state index in [1.165, 1.54) is 0 Å². The predicted molar refractivity (Wildman–Crippen MR) is 48.5 cm³/mol. The van der Waals surface area contributed by atoms with Crippen LogP contribution in [-0.2, 0) is 0 Å². The van der Waals surface area contributed by atoms with Crippen LogP contribution in [0.1, 0.15) is 17.9 Å². The lowest BCUT2D eigenvalue weighted by Crippen LogP contribution is -2.05. The second-order valence-corrected chi connectivity index (χ2v) is 2.67. The molecule has 1 atom stereocenters. The first kappa shape index (κ1) is 8.76. The summed E-state index contributed by atoms with van der Waals surface area (Å²) in [5, 5.41) is 8.81. The highest BCUT2D eigenvalue weighted by molar-refractivity contribution is 5.24. The molecule has 2 heteroatoms. The first-order valence-electron chi connectivity index (χ1n) is 4.03. The number of nitriles is 1. The second kappa shape index (κ2) is 4.53. The van der Waals surface area contributed by atoms with E-state index < -0.39 is 0 Å². The molecule has 0 amide bonds. The van der Waals surface area contributed by atoms with Gasteiger partial charge in [0.05, 0.1) is 12.0 Å². The third kappa shape index (κ3) is 2.08. The van der Waals surface area contributed by atoms with Crippen molar-refractivity contribution < 1.29 is 0 Å². The summed E-state index contributed by atoms with van der Waals surface area (Å²) in [5.41, 5.74) is 6.45. The molecular formula is C10H12N2. The van der Waals surface area contributed by atoms with E-state index in [2.05, 4.69) is 6.07 Å². The summed E-state index contributed by atoms with van der Waals surface area (Å²) in [4.78, 5) is 0. The molecule has 0 aliphatic heterocycles. The lowest BCUT2D eigenvalue weighted by Gasteiger charge is -2.06. The Hall–Kier alpha value is -1.33. The highest BCUT2D eigenvalue weighted by atomic mass is 14.5. The number of hydrogen-bond acceptors (Lipinski definition) is 2. The van der Waals surface area contributed by atoms with Crippen molar-refractivity contribution in [3.05, 3.63) is 35.9 Å². The van der Waals surface area contributed by atoms with E-state index in [4.69, 9.17) is 11.0 Å². The van der Waals surface area contributed by atoms with Crippen molar-refractivity contribution >= 4 is 0 Å². The number of hydrogen-bond donors (Lipinski definition) is 1. The largest absolute Gasteiger partial charge is 0.330 e. The van der Waals surface area contributed by atoms with Gasteiger partial charge in [-0.25, -0.2) is 0 Å². The first-order chi connectivity index (χ1) is 5.88. The first-order valence-corrected chi connectivity index (χ1v) is 4.03. The van der Waals surface area contributed by atoms with E-state index in [1.807, 2.05) is 30.3 Å². The predicted octanol–water partition coefficient (Wildman–Crippen LogP) is 1.64. The van der Waals surface area contributed by atoms with Gasteiger partial charge in [-0.15, -0.1) is 0 Å². The summed E-state index contributed by atoms with van der Waals surface area (Å²) >= 11 is 0. The highest BCUT2D eigenvalue weighted by Crippen LogP contribution is 2.16. The number of benzene rings is 1. The summed E-state index contributed by atoms with van der Waals surface area (Å²) < 4.78 is 0. The van der Waals surface area contributed by atoms with Gasteiger partial charge in [-0.05, 0) is 18.5 Å². The molecule has 0 saturated carbocycles. The van der Waals surface area contributed by atoms with Crippen LogP contribution >= 0.6 is 0 Å². The Balaban J connectivity index is 2.75. The molecule has 62 valence electrons. The van der Waals surface area contributed by atoms with Gasteiger partial charge in [-0.3, -0.25) is 0 Å². The van der Waals surface area contributed by atoms with Crippen LogP contribution in [0, 0.1) is 11.3 Å². The smallest absolute Gasteiger partial charge is 0.0724 e. The molecule has 1 aromatic carbocycles. The summed E-state index contributed by atoms with van der Waals surface area (Å²) in [7, 11) is 0. The van der Waals surface area contributed by atoms with Crippen LogP contribution in [0.4, 0.5) is 0 Å². The molecule has 0 heterocycles. The number of nitrogens with zero attached hydrogens (tertiary/aromatic N) is 1. The zero-order valence-electron chi connectivity index (χ0n) is 6.90. The van der Waals surface area contributed by atoms with Gasteiger partial charge in [0.1, 0.15) is 0 Å². The van der Waals surface area contributed by atoms with Gasteiger partial charge in [0.2, 0.25) is 0 Å². The van der Waals surface area contributed by atoms with Crippen LogP contribution in [0.15, 0.2) is 30.3 Å². The molecule has 0 aliphatic carbocycles. The quantitative estimate of drug-likeness (QED) is 0.730. The van der Waals surface area contributed by atoms with E-state index in [9.17, 15) is 0 Å². The van der Waals surface area contributed by atoms with Gasteiger partial charge in [0.25, 0.3) is 0 Å². The van der Waals surface area contributed by atoms with E-state index in [1.54, 1.807) is 0 Å². The summed E-state index contributed by atoms with van der Waals surface area (Å²) in [6, 6.07) is 12.0. The molecule has 0 fully saturated rings. The minimum absolute atomic E-state index is 0.0452. The van der Waals surface area contributed by atoms with Crippen LogP contribution in [0.5, 0.6) is 0 Å². The van der Waals surface area contributed by atoms with Gasteiger partial charge in [-0.1, -0.05) is 30.3 Å². The van der Waals surface area contributed by atoms with Gasteiger partial charge < -0.3 is 5.73 Å². The molecule has 0 spiro atoms. The fraction of sp³-hybridized carbons (Fsp3) is 0.300. The minimum Gasteiger partial charge on any atom is -0.330 e. The van der Waals surface area contributed by atoms with Crippen LogP contribution in [0.2, 0.25) is 0 Å². The van der Waals surface area contributed by atoms with E-state index in [0.29, 0.717) is 6.54 Å². The molecule has 0 unspecified atom stereocenters. The van der Waals surface area contributed by atoms with Gasteiger partial charge in [-0.2, -0.15) is 5.26 Å². The Kier molecular flexibility index (Phi) is 3.31.